The number of imide groups is 1. The number of fused-ring (bicyclic) bond motifs is 1. The van der Waals surface area contributed by atoms with E-state index < -0.39 is 0 Å². The van der Waals surface area contributed by atoms with Crippen molar-refractivity contribution in [1.29, 1.82) is 0 Å². The number of phenolic OH excluding ortho intramolecular Hbond substituents is 1. The van der Waals surface area contributed by atoms with Crippen molar-refractivity contribution in [3.63, 3.8) is 0 Å². The average Bonchev–Trinajstić information content (AvgIpc) is 3.52. The van der Waals surface area contributed by atoms with Gasteiger partial charge in [-0.2, -0.15) is 0 Å². The zero-order chi connectivity index (χ0) is 26.3. The molecule has 3 N–H and O–H groups in total. The Morgan fingerprint density at radius 2 is 1.92 bits per heavy atom. The second kappa shape index (κ2) is 10.2. The fraction of sp³-hybridized carbons (Fsp3) is 0.517. The Labute approximate surface area is 222 Å². The van der Waals surface area contributed by atoms with E-state index in [0.717, 1.165) is 89.7 Å². The van der Waals surface area contributed by atoms with Gasteiger partial charge in [-0.3, -0.25) is 14.9 Å². The molecule has 198 valence electrons. The quantitative estimate of drug-likeness (QED) is 0.475. The van der Waals surface area contributed by atoms with Crippen molar-refractivity contribution < 1.29 is 24.2 Å². The van der Waals surface area contributed by atoms with Crippen molar-refractivity contribution in [2.24, 2.45) is 0 Å². The van der Waals surface area contributed by atoms with Crippen LogP contribution in [0.15, 0.2) is 24.3 Å². The molecule has 2 amide bonds. The Balaban J connectivity index is 1.31. The van der Waals surface area contributed by atoms with Crippen LogP contribution >= 0.6 is 11.8 Å². The summed E-state index contributed by atoms with van der Waals surface area (Å²) in [4.78, 5) is 23.4. The number of amides is 2. The number of carbonyl (C=O) groups is 2. The topological polar surface area (TPSA) is 96.9 Å². The standard InChI is InChI=1S/C29H36N2O5S/c1-16-17(2)26-21(18(3)25(16)32)11-12-29(4,36-26)15-23(22-6-5-13-30-22)35-20-9-7-19(8-10-20)14-24-27(33)31-28(34)37-24/h7-10,22-24,30,32H,5-6,11-15H2,1-4H3,(H,31,33,34)/t22-,23?,24?,29?/m0/s1. The molecule has 3 aliphatic heterocycles. The monoisotopic (exact) mass is 524 g/mol. The molecule has 3 unspecified atom stereocenters. The lowest BCUT2D eigenvalue weighted by molar-refractivity contribution is -0.118. The van der Waals surface area contributed by atoms with Gasteiger partial charge < -0.3 is 19.9 Å². The third-order valence-electron chi connectivity index (χ3n) is 8.17. The van der Waals surface area contributed by atoms with E-state index in [-0.39, 0.29) is 34.1 Å². The first-order valence-electron chi connectivity index (χ1n) is 13.1. The van der Waals surface area contributed by atoms with Crippen LogP contribution in [0.1, 0.15) is 60.4 Å². The van der Waals surface area contributed by atoms with E-state index in [2.05, 4.69) is 17.6 Å². The van der Waals surface area contributed by atoms with Crippen LogP contribution in [-0.2, 0) is 17.6 Å². The molecule has 2 aromatic carbocycles. The smallest absolute Gasteiger partial charge is 0.286 e. The van der Waals surface area contributed by atoms with Crippen molar-refractivity contribution in [3.8, 4) is 17.2 Å². The SMILES string of the molecule is Cc1c(C)c2c(c(C)c1O)CCC(C)(CC(Oc1ccc(CC3SC(=O)NC3=O)cc1)[C@@H]1CCCN1)O2. The third kappa shape index (κ3) is 5.32. The molecule has 2 aromatic rings. The van der Waals surface area contributed by atoms with Crippen LogP contribution in [0.4, 0.5) is 4.79 Å². The summed E-state index contributed by atoms with van der Waals surface area (Å²) in [5, 5.41) is 15.8. The van der Waals surface area contributed by atoms with Crippen molar-refractivity contribution in [3.05, 3.63) is 52.1 Å². The van der Waals surface area contributed by atoms with Crippen LogP contribution in [0.25, 0.3) is 0 Å². The van der Waals surface area contributed by atoms with E-state index in [4.69, 9.17) is 9.47 Å². The van der Waals surface area contributed by atoms with Gasteiger partial charge in [-0.05, 0) is 101 Å². The van der Waals surface area contributed by atoms with Crippen molar-refractivity contribution in [2.75, 3.05) is 6.54 Å². The predicted octanol–water partition coefficient (Wildman–Crippen LogP) is 4.88. The number of thioether (sulfide) groups is 1. The zero-order valence-corrected chi connectivity index (χ0v) is 22.8. The number of carbonyl (C=O) groups excluding carboxylic acids is 2. The van der Waals surface area contributed by atoms with E-state index in [9.17, 15) is 14.7 Å². The fourth-order valence-electron chi connectivity index (χ4n) is 5.78. The number of phenols is 1. The van der Waals surface area contributed by atoms with E-state index in [1.165, 1.54) is 0 Å². The Morgan fingerprint density at radius 3 is 2.57 bits per heavy atom. The number of aromatic hydroxyl groups is 1. The van der Waals surface area contributed by atoms with E-state index in [1.54, 1.807) is 0 Å². The molecule has 4 atom stereocenters. The average molecular weight is 525 g/mol. The summed E-state index contributed by atoms with van der Waals surface area (Å²) in [5.41, 5.74) is 4.52. The van der Waals surface area contributed by atoms with Crippen molar-refractivity contribution >= 4 is 22.9 Å². The Hall–Kier alpha value is -2.71. The predicted molar refractivity (Wildman–Crippen MR) is 145 cm³/mol. The van der Waals surface area contributed by atoms with Crippen molar-refractivity contribution in [2.45, 2.75) is 89.2 Å². The van der Waals surface area contributed by atoms with Gasteiger partial charge in [0.2, 0.25) is 5.91 Å². The molecular formula is C29H36N2O5S. The molecule has 0 spiro atoms. The van der Waals surface area contributed by atoms with Gasteiger partial charge in [-0.25, -0.2) is 0 Å². The second-order valence-corrected chi connectivity index (χ2v) is 12.1. The lowest BCUT2D eigenvalue weighted by atomic mass is 9.83. The number of ether oxygens (including phenoxy) is 2. The molecule has 3 heterocycles. The van der Waals surface area contributed by atoms with Gasteiger partial charge in [0.05, 0.1) is 5.25 Å². The number of benzene rings is 2. The van der Waals surface area contributed by atoms with E-state index in [1.807, 2.05) is 45.0 Å². The summed E-state index contributed by atoms with van der Waals surface area (Å²) in [6.07, 6.45) is 5.09. The largest absolute Gasteiger partial charge is 0.507 e. The minimum atomic E-state index is -0.387. The molecule has 0 radical (unpaired) electrons. The van der Waals surface area contributed by atoms with Gasteiger partial charge in [0.15, 0.2) is 0 Å². The maximum absolute atomic E-state index is 11.9. The van der Waals surface area contributed by atoms with Crippen LogP contribution in [0.2, 0.25) is 0 Å². The minimum Gasteiger partial charge on any atom is -0.507 e. The molecule has 2 fully saturated rings. The Kier molecular flexibility index (Phi) is 7.16. The maximum Gasteiger partial charge on any atom is 0.286 e. The highest BCUT2D eigenvalue weighted by molar-refractivity contribution is 8.15. The summed E-state index contributed by atoms with van der Waals surface area (Å²) in [5.74, 6) is 1.86. The Bertz CT molecular complexity index is 1210. The summed E-state index contributed by atoms with van der Waals surface area (Å²) in [6, 6.07) is 8.10. The highest BCUT2D eigenvalue weighted by Crippen LogP contribution is 2.45. The molecule has 3 aliphatic rings. The van der Waals surface area contributed by atoms with E-state index in [0.29, 0.717) is 12.2 Å². The molecule has 0 bridgehead atoms. The molecule has 5 rings (SSSR count). The highest BCUT2D eigenvalue weighted by Gasteiger charge is 2.40. The molecule has 0 saturated carbocycles. The van der Waals surface area contributed by atoms with Gasteiger partial charge in [-0.15, -0.1) is 0 Å². The van der Waals surface area contributed by atoms with Gasteiger partial charge in [0, 0.05) is 18.0 Å². The van der Waals surface area contributed by atoms with Gasteiger partial charge >= 0.3 is 0 Å². The van der Waals surface area contributed by atoms with Gasteiger partial charge in [0.25, 0.3) is 5.24 Å². The fourth-order valence-corrected chi connectivity index (χ4v) is 6.64. The van der Waals surface area contributed by atoms with Crippen LogP contribution in [-0.4, -0.2) is 45.8 Å². The zero-order valence-electron chi connectivity index (χ0n) is 22.0. The van der Waals surface area contributed by atoms with E-state index >= 15 is 0 Å². The number of hydrogen-bond acceptors (Lipinski definition) is 7. The first-order valence-corrected chi connectivity index (χ1v) is 14.0. The van der Waals surface area contributed by atoms with Crippen molar-refractivity contribution in [1.82, 2.24) is 10.6 Å². The molecule has 7 nitrogen and oxygen atoms in total. The molecule has 2 saturated heterocycles. The summed E-state index contributed by atoms with van der Waals surface area (Å²) in [7, 11) is 0. The lowest BCUT2D eigenvalue weighted by Gasteiger charge is -2.41. The normalized spacial score (nSPS) is 25.9. The van der Waals surface area contributed by atoms with Gasteiger partial charge in [-0.1, -0.05) is 23.9 Å². The number of rotatable bonds is 7. The Morgan fingerprint density at radius 1 is 1.16 bits per heavy atom. The molecule has 0 aliphatic carbocycles. The number of nitrogens with one attached hydrogen (secondary N) is 2. The molecule has 8 heteroatoms. The van der Waals surface area contributed by atoms with Gasteiger partial charge in [0.1, 0.15) is 29.0 Å². The molecular weight excluding hydrogens is 488 g/mol. The second-order valence-electron chi connectivity index (χ2n) is 10.9. The first-order chi connectivity index (χ1) is 17.6. The molecule has 37 heavy (non-hydrogen) atoms. The molecule has 0 aromatic heterocycles. The van der Waals surface area contributed by atoms with Crippen LogP contribution in [0.3, 0.4) is 0 Å². The first kappa shape index (κ1) is 25.9. The summed E-state index contributed by atoms with van der Waals surface area (Å²) >= 11 is 1.05. The highest BCUT2D eigenvalue weighted by atomic mass is 32.2. The third-order valence-corrected chi connectivity index (χ3v) is 9.15. The summed E-state index contributed by atoms with van der Waals surface area (Å²) < 4.78 is 13.3. The lowest BCUT2D eigenvalue weighted by Crippen LogP contribution is -2.47. The minimum absolute atomic E-state index is 0.0618. The number of hydrogen-bond donors (Lipinski definition) is 3. The van der Waals surface area contributed by atoms with Crippen LogP contribution in [0.5, 0.6) is 17.2 Å². The summed E-state index contributed by atoms with van der Waals surface area (Å²) in [6.45, 7) is 9.10. The maximum atomic E-state index is 11.9. The van der Waals surface area contributed by atoms with Crippen LogP contribution in [0, 0.1) is 20.8 Å². The van der Waals surface area contributed by atoms with Crippen LogP contribution < -0.4 is 20.1 Å².